The van der Waals surface area contributed by atoms with Crippen molar-refractivity contribution in [3.05, 3.63) is 119 Å². The molecule has 0 saturated carbocycles. The number of aromatic amines is 1. The summed E-state index contributed by atoms with van der Waals surface area (Å²) in [5.74, 6) is 1.67. The third kappa shape index (κ3) is 4.80. The molecule has 0 atom stereocenters. The lowest BCUT2D eigenvalue weighted by atomic mass is 10.0. The van der Waals surface area contributed by atoms with Gasteiger partial charge in [-0.3, -0.25) is 15.0 Å². The van der Waals surface area contributed by atoms with Gasteiger partial charge in [0, 0.05) is 54.0 Å². The predicted octanol–water partition coefficient (Wildman–Crippen LogP) is 6.26. The molecule has 9 heterocycles. The Kier molecular flexibility index (Phi) is 6.65. The van der Waals surface area contributed by atoms with Crippen LogP contribution in [0.2, 0.25) is 0 Å². The molecule has 0 fully saturated rings. The summed E-state index contributed by atoms with van der Waals surface area (Å²) in [5, 5.41) is 16.6. The van der Waals surface area contributed by atoms with Gasteiger partial charge in [-0.2, -0.15) is 15.3 Å². The molecular weight excluding hydrogens is 651 g/mol. The van der Waals surface area contributed by atoms with Gasteiger partial charge in [-0.25, -0.2) is 28.5 Å². The molecule has 0 radical (unpaired) electrons. The first-order valence-corrected chi connectivity index (χ1v) is 17.4. The van der Waals surface area contributed by atoms with E-state index in [2.05, 4.69) is 46.1 Å². The second kappa shape index (κ2) is 11.5. The van der Waals surface area contributed by atoms with E-state index in [0.717, 1.165) is 119 Å². The third-order valence-electron chi connectivity index (χ3n) is 10.00. The number of hydrogen-bond acceptors (Lipinski definition) is 9. The topological polar surface area (TPSA) is 145 Å². The van der Waals surface area contributed by atoms with Crippen LogP contribution in [-0.2, 0) is 25.7 Å². The maximum atomic E-state index is 5.13. The largest absolute Gasteiger partial charge is 0.342 e. The van der Waals surface area contributed by atoms with E-state index in [1.165, 1.54) is 0 Å². The van der Waals surface area contributed by atoms with Gasteiger partial charge in [0.15, 0.2) is 11.5 Å². The lowest BCUT2D eigenvalue weighted by Gasteiger charge is -2.12. The van der Waals surface area contributed by atoms with Crippen molar-refractivity contribution in [2.75, 3.05) is 0 Å². The normalized spacial score (nSPS) is 12.2. The summed E-state index contributed by atoms with van der Waals surface area (Å²) in [5.41, 5.74) is 14.1. The summed E-state index contributed by atoms with van der Waals surface area (Å²) >= 11 is 0. The molecule has 52 heavy (non-hydrogen) atoms. The Morgan fingerprint density at radius 2 is 1.50 bits per heavy atom. The maximum absolute atomic E-state index is 5.13. The number of nitrogens with one attached hydrogen (secondary N) is 1. The number of rotatable bonds is 7. The average Bonchev–Trinajstić information content (AvgIpc) is 3.97. The molecule has 0 bridgehead atoms. The summed E-state index contributed by atoms with van der Waals surface area (Å²) in [4.78, 5) is 32.2. The number of nitrogens with zero attached hydrogens (tertiary/aromatic N) is 12. The Labute approximate surface area is 296 Å². The van der Waals surface area contributed by atoms with Crippen molar-refractivity contribution in [3.8, 4) is 11.3 Å². The van der Waals surface area contributed by atoms with E-state index in [4.69, 9.17) is 35.2 Å². The summed E-state index contributed by atoms with van der Waals surface area (Å²) in [6.07, 6.45) is 10.3. The van der Waals surface area contributed by atoms with E-state index < -0.39 is 0 Å². The van der Waals surface area contributed by atoms with Crippen LogP contribution in [0.25, 0.3) is 60.8 Å². The molecule has 9 aromatic heterocycles. The Morgan fingerprint density at radius 1 is 0.673 bits per heavy atom. The number of pyridine rings is 3. The van der Waals surface area contributed by atoms with Gasteiger partial charge >= 0.3 is 0 Å². The molecule has 1 N–H and O–H groups in total. The van der Waals surface area contributed by atoms with Crippen LogP contribution in [0.4, 0.5) is 0 Å². The van der Waals surface area contributed by atoms with Crippen LogP contribution in [0.15, 0.2) is 73.3 Å². The van der Waals surface area contributed by atoms with Crippen LogP contribution in [0.1, 0.15) is 45.8 Å². The Hall–Kier alpha value is -6.63. The minimum Gasteiger partial charge on any atom is -0.342 e. The highest BCUT2D eigenvalue weighted by Gasteiger charge is 2.19. The van der Waals surface area contributed by atoms with Crippen LogP contribution in [0, 0.1) is 27.7 Å². The number of benzene rings is 1. The number of aryl methyl sites for hydroxylation is 8. The fraction of sp³-hybridized carbons (Fsp3) is 0.205. The summed E-state index contributed by atoms with van der Waals surface area (Å²) < 4.78 is 5.81. The molecule has 0 spiro atoms. The number of imidazole rings is 1. The second-order valence-electron chi connectivity index (χ2n) is 13.4. The van der Waals surface area contributed by atoms with E-state index in [0.29, 0.717) is 12.8 Å². The van der Waals surface area contributed by atoms with E-state index in [1.807, 2.05) is 77.2 Å². The van der Waals surface area contributed by atoms with Crippen LogP contribution in [0.3, 0.4) is 0 Å². The van der Waals surface area contributed by atoms with Gasteiger partial charge in [0.25, 0.3) is 0 Å². The number of H-pyrrole nitrogens is 1. The fourth-order valence-corrected chi connectivity index (χ4v) is 7.31. The minimum absolute atomic E-state index is 0.665. The fourth-order valence-electron chi connectivity index (χ4n) is 7.31. The zero-order valence-electron chi connectivity index (χ0n) is 29.1. The number of aromatic nitrogens is 13. The summed E-state index contributed by atoms with van der Waals surface area (Å²) in [7, 11) is 0. The van der Waals surface area contributed by atoms with Crippen molar-refractivity contribution in [2.24, 2.45) is 0 Å². The standard InChI is InChI=1S/C39H33N13/c1-21-20-42-22(2)32-18-25(47-51(21)32)7-11-34-44-31-10-9-27-28(13-16-41-37(27)38(31)45-34)36-24(4)52-33(23(3)43-36)19-26(48-52)8-12-35-46-39-29-6-5-15-40-30(29)14-17-50(39)49-35/h5-6,9-10,13-20H,7-8,11-12H2,1-4H3,(H,44,45). The summed E-state index contributed by atoms with van der Waals surface area (Å²) in [6.45, 7) is 8.15. The number of hydrogen-bond donors (Lipinski definition) is 1. The van der Waals surface area contributed by atoms with E-state index in [-0.39, 0.29) is 0 Å². The van der Waals surface area contributed by atoms with Crippen LogP contribution in [-0.4, -0.2) is 63.7 Å². The quantitative estimate of drug-likeness (QED) is 0.206. The highest BCUT2D eigenvalue weighted by atomic mass is 15.3. The van der Waals surface area contributed by atoms with Gasteiger partial charge in [-0.15, -0.1) is 0 Å². The van der Waals surface area contributed by atoms with Crippen molar-refractivity contribution < 1.29 is 0 Å². The van der Waals surface area contributed by atoms with E-state index in [9.17, 15) is 0 Å². The predicted molar refractivity (Wildman–Crippen MR) is 198 cm³/mol. The molecule has 10 rings (SSSR count). The molecule has 254 valence electrons. The molecule has 1 aromatic carbocycles. The first-order chi connectivity index (χ1) is 25.4. The SMILES string of the molecule is Cc1ncc(C)n2nc(CCc3nc4c(ccc5c(-c6nc(C)c7cc(CCc8nc9c%10cccnc%10ccn9n8)nn7c6C)ccnc54)[nH]3)cc12. The molecular formula is C39H33N13. The molecule has 0 amide bonds. The molecule has 0 unspecified atom stereocenters. The molecule has 13 heteroatoms. The van der Waals surface area contributed by atoms with Crippen molar-refractivity contribution in [2.45, 2.75) is 53.4 Å². The van der Waals surface area contributed by atoms with Gasteiger partial charge in [0.1, 0.15) is 11.3 Å². The van der Waals surface area contributed by atoms with Gasteiger partial charge < -0.3 is 4.98 Å². The second-order valence-corrected chi connectivity index (χ2v) is 13.4. The van der Waals surface area contributed by atoms with E-state index >= 15 is 0 Å². The minimum atomic E-state index is 0.665. The lowest BCUT2D eigenvalue weighted by molar-refractivity contribution is 0.793. The van der Waals surface area contributed by atoms with Crippen LogP contribution >= 0.6 is 0 Å². The summed E-state index contributed by atoms with van der Waals surface area (Å²) in [6, 6.07) is 16.4. The third-order valence-corrected chi connectivity index (χ3v) is 10.00. The van der Waals surface area contributed by atoms with E-state index in [1.54, 1.807) is 6.20 Å². The monoisotopic (exact) mass is 683 g/mol. The molecule has 0 aliphatic rings. The highest BCUT2D eigenvalue weighted by Crippen LogP contribution is 2.33. The Morgan fingerprint density at radius 3 is 2.37 bits per heavy atom. The molecule has 13 nitrogen and oxygen atoms in total. The molecule has 10 aromatic rings. The van der Waals surface area contributed by atoms with Gasteiger partial charge in [-0.1, -0.05) is 0 Å². The smallest absolute Gasteiger partial charge is 0.164 e. The van der Waals surface area contributed by atoms with Crippen LogP contribution in [0.5, 0.6) is 0 Å². The van der Waals surface area contributed by atoms with Crippen molar-refractivity contribution >= 4 is 49.5 Å². The maximum Gasteiger partial charge on any atom is 0.164 e. The van der Waals surface area contributed by atoms with Crippen molar-refractivity contribution in [1.82, 2.24) is 63.7 Å². The highest BCUT2D eigenvalue weighted by molar-refractivity contribution is 6.07. The van der Waals surface area contributed by atoms with Gasteiger partial charge in [-0.05, 0) is 89.1 Å². The molecule has 0 aliphatic carbocycles. The average molecular weight is 684 g/mol. The van der Waals surface area contributed by atoms with Crippen molar-refractivity contribution in [1.29, 1.82) is 0 Å². The first kappa shape index (κ1) is 30.2. The van der Waals surface area contributed by atoms with Gasteiger partial charge in [0.05, 0.1) is 67.4 Å². The Balaban J connectivity index is 0.946. The van der Waals surface area contributed by atoms with Gasteiger partial charge in [0.2, 0.25) is 0 Å². The van der Waals surface area contributed by atoms with Crippen molar-refractivity contribution in [3.63, 3.8) is 0 Å². The number of fused-ring (bicyclic) bond motifs is 8. The molecule has 0 saturated heterocycles. The Bertz CT molecular complexity index is 3000. The zero-order chi connectivity index (χ0) is 35.1. The lowest BCUT2D eigenvalue weighted by Crippen LogP contribution is -2.03. The van der Waals surface area contributed by atoms with Crippen LogP contribution < -0.4 is 0 Å². The first-order valence-electron chi connectivity index (χ1n) is 17.4. The molecule has 0 aliphatic heterocycles. The zero-order valence-corrected chi connectivity index (χ0v) is 29.1.